The van der Waals surface area contributed by atoms with Gasteiger partial charge >= 0.3 is 0 Å². The molecular formula is C11H16N2O2. The molecule has 0 radical (unpaired) electrons. The molecular weight excluding hydrogens is 192 g/mol. The lowest BCUT2D eigenvalue weighted by Gasteiger charge is -2.31. The Hall–Kier alpha value is -1.16. The van der Waals surface area contributed by atoms with Gasteiger partial charge < -0.3 is 4.74 Å². The summed E-state index contributed by atoms with van der Waals surface area (Å²) >= 11 is 0. The molecule has 1 unspecified atom stereocenters. The molecule has 4 heteroatoms. The van der Waals surface area contributed by atoms with Gasteiger partial charge in [0.2, 0.25) is 5.78 Å². The molecule has 4 nitrogen and oxygen atoms in total. The van der Waals surface area contributed by atoms with E-state index in [1.54, 1.807) is 24.0 Å². The van der Waals surface area contributed by atoms with Crippen molar-refractivity contribution in [3.63, 3.8) is 0 Å². The highest BCUT2D eigenvalue weighted by Crippen LogP contribution is 2.27. The van der Waals surface area contributed by atoms with Crippen LogP contribution in [0.1, 0.15) is 36.7 Å². The number of ether oxygens (including phenoxy) is 1. The van der Waals surface area contributed by atoms with Crippen LogP contribution < -0.4 is 0 Å². The Morgan fingerprint density at radius 3 is 2.93 bits per heavy atom. The molecule has 1 aromatic rings. The van der Waals surface area contributed by atoms with E-state index in [4.69, 9.17) is 4.74 Å². The minimum Gasteiger partial charge on any atom is -0.367 e. The van der Waals surface area contributed by atoms with Gasteiger partial charge in [-0.15, -0.1) is 0 Å². The number of carbonyl (C=O) groups excluding carboxylic acids is 1. The molecule has 0 spiro atoms. The molecule has 0 saturated carbocycles. The molecule has 1 atom stereocenters. The molecule has 0 aromatic carbocycles. The normalized spacial score (nSPS) is 26.5. The lowest BCUT2D eigenvalue weighted by atomic mass is 9.90. The summed E-state index contributed by atoms with van der Waals surface area (Å²) in [4.78, 5) is 12.1. The zero-order valence-electron chi connectivity index (χ0n) is 9.19. The van der Waals surface area contributed by atoms with E-state index in [2.05, 4.69) is 5.10 Å². The molecule has 1 saturated heterocycles. The molecule has 1 fully saturated rings. The number of hydrogen-bond acceptors (Lipinski definition) is 3. The first kappa shape index (κ1) is 10.4. The second-order valence-corrected chi connectivity index (χ2v) is 4.24. The predicted octanol–water partition coefficient (Wildman–Crippen LogP) is 1.56. The third-order valence-electron chi connectivity index (χ3n) is 2.90. The number of nitrogens with zero attached hydrogens (tertiary/aromatic N) is 2. The fourth-order valence-corrected chi connectivity index (χ4v) is 1.92. The highest BCUT2D eigenvalue weighted by molar-refractivity contribution is 6.00. The quantitative estimate of drug-likeness (QED) is 0.693. The highest BCUT2D eigenvalue weighted by atomic mass is 16.5. The van der Waals surface area contributed by atoms with Crippen LogP contribution in [-0.2, 0) is 11.8 Å². The first-order valence-corrected chi connectivity index (χ1v) is 5.30. The SMILES string of the molecule is Cn1ccc(C(=O)C2(C)CCCCO2)n1. The van der Waals surface area contributed by atoms with E-state index >= 15 is 0 Å². The number of aromatic nitrogens is 2. The number of ketones is 1. The minimum absolute atomic E-state index is 0.00259. The summed E-state index contributed by atoms with van der Waals surface area (Å²) in [6, 6.07) is 1.74. The maximum atomic E-state index is 12.1. The van der Waals surface area contributed by atoms with Crippen LogP contribution in [0.5, 0.6) is 0 Å². The van der Waals surface area contributed by atoms with Gasteiger partial charge in [-0.2, -0.15) is 5.10 Å². The molecule has 2 rings (SSSR count). The number of hydrogen-bond donors (Lipinski definition) is 0. The predicted molar refractivity (Wildman–Crippen MR) is 55.7 cm³/mol. The largest absolute Gasteiger partial charge is 0.367 e. The summed E-state index contributed by atoms with van der Waals surface area (Å²) in [5.74, 6) is 0.00259. The third kappa shape index (κ3) is 1.95. The fourth-order valence-electron chi connectivity index (χ4n) is 1.92. The fraction of sp³-hybridized carbons (Fsp3) is 0.636. The van der Waals surface area contributed by atoms with Crippen molar-refractivity contribution in [1.29, 1.82) is 0 Å². The number of Topliss-reactive ketones (excluding diaryl/α,β-unsaturated/α-hetero) is 1. The topological polar surface area (TPSA) is 44.1 Å². The van der Waals surface area contributed by atoms with Crippen molar-refractivity contribution in [3.05, 3.63) is 18.0 Å². The van der Waals surface area contributed by atoms with Gasteiger partial charge in [0, 0.05) is 19.9 Å². The van der Waals surface area contributed by atoms with Crippen LogP contribution in [0.25, 0.3) is 0 Å². The number of rotatable bonds is 2. The minimum atomic E-state index is -0.660. The summed E-state index contributed by atoms with van der Waals surface area (Å²) < 4.78 is 7.23. The molecule has 1 aliphatic heterocycles. The molecule has 15 heavy (non-hydrogen) atoms. The van der Waals surface area contributed by atoms with Gasteiger partial charge in [0.15, 0.2) is 0 Å². The van der Waals surface area contributed by atoms with Crippen molar-refractivity contribution in [2.24, 2.45) is 7.05 Å². The van der Waals surface area contributed by atoms with E-state index in [-0.39, 0.29) is 5.78 Å². The Labute approximate surface area is 89.2 Å². The van der Waals surface area contributed by atoms with Crippen LogP contribution >= 0.6 is 0 Å². The zero-order chi connectivity index (χ0) is 10.9. The summed E-state index contributed by atoms with van der Waals surface area (Å²) in [6.45, 7) is 2.54. The monoisotopic (exact) mass is 208 g/mol. The van der Waals surface area contributed by atoms with Crippen molar-refractivity contribution < 1.29 is 9.53 Å². The lowest BCUT2D eigenvalue weighted by molar-refractivity contribution is -0.0429. The van der Waals surface area contributed by atoms with Crippen molar-refractivity contribution in [2.45, 2.75) is 31.8 Å². The maximum absolute atomic E-state index is 12.1. The molecule has 2 heterocycles. The van der Waals surface area contributed by atoms with Crippen LogP contribution in [0.2, 0.25) is 0 Å². The maximum Gasteiger partial charge on any atom is 0.214 e. The second-order valence-electron chi connectivity index (χ2n) is 4.24. The highest BCUT2D eigenvalue weighted by Gasteiger charge is 2.37. The van der Waals surface area contributed by atoms with Crippen LogP contribution in [0.3, 0.4) is 0 Å². The Balaban J connectivity index is 2.19. The average Bonchev–Trinajstić information content (AvgIpc) is 2.65. The Kier molecular flexibility index (Phi) is 2.61. The third-order valence-corrected chi connectivity index (χ3v) is 2.90. The molecule has 0 amide bonds. The van der Waals surface area contributed by atoms with E-state index in [1.165, 1.54) is 0 Å². The van der Waals surface area contributed by atoms with E-state index in [1.807, 2.05) is 6.92 Å². The van der Waals surface area contributed by atoms with Gasteiger partial charge in [0.25, 0.3) is 0 Å². The van der Waals surface area contributed by atoms with Crippen LogP contribution in [0, 0.1) is 0 Å². The molecule has 0 aliphatic carbocycles. The van der Waals surface area contributed by atoms with Crippen LogP contribution in [0.4, 0.5) is 0 Å². The van der Waals surface area contributed by atoms with Crippen molar-refractivity contribution in [2.75, 3.05) is 6.61 Å². The van der Waals surface area contributed by atoms with Gasteiger partial charge in [-0.25, -0.2) is 0 Å². The Bertz CT molecular complexity index is 364. The molecule has 0 bridgehead atoms. The van der Waals surface area contributed by atoms with Crippen molar-refractivity contribution >= 4 is 5.78 Å². The van der Waals surface area contributed by atoms with Crippen molar-refractivity contribution in [1.82, 2.24) is 9.78 Å². The van der Waals surface area contributed by atoms with Crippen molar-refractivity contribution in [3.8, 4) is 0 Å². The first-order valence-electron chi connectivity index (χ1n) is 5.30. The van der Waals surface area contributed by atoms with Gasteiger partial charge in [-0.3, -0.25) is 9.48 Å². The smallest absolute Gasteiger partial charge is 0.214 e. The summed E-state index contributed by atoms with van der Waals surface area (Å²) in [5.41, 5.74) is -0.158. The zero-order valence-corrected chi connectivity index (χ0v) is 9.19. The standard InChI is InChI=1S/C11H16N2O2/c1-11(6-3-4-8-15-11)10(14)9-5-7-13(2)12-9/h5,7H,3-4,6,8H2,1-2H3. The van der Waals surface area contributed by atoms with Gasteiger partial charge in [0.1, 0.15) is 11.3 Å². The van der Waals surface area contributed by atoms with E-state index in [9.17, 15) is 4.79 Å². The van der Waals surface area contributed by atoms with Gasteiger partial charge in [-0.05, 0) is 32.3 Å². The van der Waals surface area contributed by atoms with Crippen LogP contribution in [0.15, 0.2) is 12.3 Å². The molecule has 1 aromatic heterocycles. The number of carbonyl (C=O) groups is 1. The summed E-state index contributed by atoms with van der Waals surface area (Å²) in [5, 5.41) is 4.12. The van der Waals surface area contributed by atoms with Gasteiger partial charge in [-0.1, -0.05) is 0 Å². The Morgan fingerprint density at radius 1 is 1.60 bits per heavy atom. The van der Waals surface area contributed by atoms with E-state index < -0.39 is 5.60 Å². The first-order chi connectivity index (χ1) is 7.12. The molecule has 1 aliphatic rings. The number of aryl methyl sites for hydroxylation is 1. The summed E-state index contributed by atoms with van der Waals surface area (Å²) in [6.07, 6.45) is 4.67. The molecule has 82 valence electrons. The average molecular weight is 208 g/mol. The van der Waals surface area contributed by atoms with E-state index in [0.717, 1.165) is 19.3 Å². The van der Waals surface area contributed by atoms with Gasteiger partial charge in [0.05, 0.1) is 0 Å². The second kappa shape index (κ2) is 3.77. The summed E-state index contributed by atoms with van der Waals surface area (Å²) in [7, 11) is 1.81. The van der Waals surface area contributed by atoms with Crippen LogP contribution in [-0.4, -0.2) is 27.8 Å². The molecule has 0 N–H and O–H groups in total. The van der Waals surface area contributed by atoms with E-state index in [0.29, 0.717) is 12.3 Å². The Morgan fingerprint density at radius 2 is 2.40 bits per heavy atom. The lowest BCUT2D eigenvalue weighted by Crippen LogP contribution is -2.41.